The Morgan fingerprint density at radius 3 is 2.96 bits per heavy atom. The Morgan fingerprint density at radius 1 is 1.50 bits per heavy atom. The molecule has 7 heteroatoms. The quantitative estimate of drug-likeness (QED) is 0.668. The van der Waals surface area contributed by atoms with Gasteiger partial charge in [-0.15, -0.1) is 11.3 Å². The van der Waals surface area contributed by atoms with Gasteiger partial charge in [-0.25, -0.2) is 9.67 Å². The Kier molecular flexibility index (Phi) is 5.33. The van der Waals surface area contributed by atoms with Gasteiger partial charge in [0.25, 0.3) is 5.91 Å². The summed E-state index contributed by atoms with van der Waals surface area (Å²) in [6.07, 6.45) is 1.71. The lowest BCUT2D eigenvalue weighted by Gasteiger charge is -2.22. The molecule has 3 heterocycles. The summed E-state index contributed by atoms with van der Waals surface area (Å²) in [6, 6.07) is 8.07. The minimum absolute atomic E-state index is 0.0826. The number of rotatable bonds is 6. The zero-order valence-electron chi connectivity index (χ0n) is 15.1. The zero-order chi connectivity index (χ0) is 18.7. The lowest BCUT2D eigenvalue weighted by Crippen LogP contribution is -2.34. The van der Waals surface area contributed by atoms with Crippen LogP contribution in [-0.4, -0.2) is 38.7 Å². The largest absolute Gasteiger partial charge is 0.338 e. The van der Waals surface area contributed by atoms with Crippen molar-refractivity contribution < 1.29 is 4.79 Å². The molecule has 1 atom stereocenters. The molecule has 6 nitrogen and oxygen atoms in total. The number of pyridine rings is 1. The van der Waals surface area contributed by atoms with Crippen LogP contribution in [0.4, 0.5) is 0 Å². The van der Waals surface area contributed by atoms with Crippen molar-refractivity contribution >= 4 is 28.3 Å². The van der Waals surface area contributed by atoms with Crippen LogP contribution in [0.1, 0.15) is 34.8 Å². The number of fused-ring (bicyclic) bond motifs is 1. The highest BCUT2D eigenvalue weighted by molar-refractivity contribution is 7.09. The van der Waals surface area contributed by atoms with Gasteiger partial charge in [0.05, 0.1) is 35.7 Å². The van der Waals surface area contributed by atoms with E-state index < -0.39 is 0 Å². The molecule has 0 radical (unpaired) electrons. The van der Waals surface area contributed by atoms with E-state index in [9.17, 15) is 4.79 Å². The minimum atomic E-state index is -0.209. The van der Waals surface area contributed by atoms with Gasteiger partial charge in [0, 0.05) is 23.7 Å². The Balaban J connectivity index is 1.99. The van der Waals surface area contributed by atoms with E-state index in [0.717, 1.165) is 11.1 Å². The fourth-order valence-corrected chi connectivity index (χ4v) is 3.60. The smallest absolute Gasteiger partial charge is 0.254 e. The first-order chi connectivity index (χ1) is 12.5. The number of carbonyl (C=O) groups is 1. The van der Waals surface area contributed by atoms with Crippen molar-refractivity contribution in [1.82, 2.24) is 19.7 Å². The van der Waals surface area contributed by atoms with Gasteiger partial charge in [0.2, 0.25) is 0 Å². The van der Waals surface area contributed by atoms with E-state index in [1.807, 2.05) is 43.0 Å². The van der Waals surface area contributed by atoms with Crippen LogP contribution in [0.25, 0.3) is 11.0 Å². The van der Waals surface area contributed by atoms with Crippen LogP contribution in [0.3, 0.4) is 0 Å². The fraction of sp³-hybridized carbons (Fsp3) is 0.368. The van der Waals surface area contributed by atoms with Crippen molar-refractivity contribution in [2.75, 3.05) is 13.1 Å². The average molecular weight is 367 g/mol. The highest BCUT2D eigenvalue weighted by atomic mass is 32.1. The van der Waals surface area contributed by atoms with Gasteiger partial charge in [0.1, 0.15) is 0 Å². The predicted octanol–water partition coefficient (Wildman–Crippen LogP) is 3.47. The molecule has 1 unspecified atom stereocenters. The van der Waals surface area contributed by atoms with Crippen LogP contribution in [-0.2, 0) is 6.54 Å². The number of hydrogen-bond donors (Lipinski definition) is 0. The highest BCUT2D eigenvalue weighted by Crippen LogP contribution is 2.22. The molecule has 3 aromatic heterocycles. The van der Waals surface area contributed by atoms with Crippen molar-refractivity contribution in [3.8, 4) is 6.07 Å². The summed E-state index contributed by atoms with van der Waals surface area (Å²) in [5.74, 6) is -0.292. The molecular weight excluding hydrogens is 346 g/mol. The third kappa shape index (κ3) is 3.60. The highest BCUT2D eigenvalue weighted by Gasteiger charge is 2.21. The summed E-state index contributed by atoms with van der Waals surface area (Å²) in [4.78, 5) is 20.6. The van der Waals surface area contributed by atoms with E-state index in [2.05, 4.69) is 22.2 Å². The molecule has 0 aromatic carbocycles. The maximum absolute atomic E-state index is 13.1. The van der Waals surface area contributed by atoms with E-state index in [1.165, 1.54) is 4.88 Å². The number of nitriles is 1. The lowest BCUT2D eigenvalue weighted by atomic mass is 10.1. The van der Waals surface area contributed by atoms with E-state index in [4.69, 9.17) is 5.26 Å². The van der Waals surface area contributed by atoms with Crippen LogP contribution in [0.2, 0.25) is 0 Å². The molecule has 134 valence electrons. The second-order valence-corrected chi connectivity index (χ2v) is 7.34. The van der Waals surface area contributed by atoms with E-state index in [-0.39, 0.29) is 11.8 Å². The zero-order valence-corrected chi connectivity index (χ0v) is 16.0. The Morgan fingerprint density at radius 2 is 2.31 bits per heavy atom. The van der Waals surface area contributed by atoms with Crippen LogP contribution < -0.4 is 0 Å². The second kappa shape index (κ2) is 7.67. The van der Waals surface area contributed by atoms with Gasteiger partial charge in [-0.3, -0.25) is 4.79 Å². The maximum Gasteiger partial charge on any atom is 0.254 e. The second-order valence-electron chi connectivity index (χ2n) is 6.30. The average Bonchev–Trinajstić information content (AvgIpc) is 3.29. The van der Waals surface area contributed by atoms with E-state index in [0.29, 0.717) is 30.8 Å². The molecule has 26 heavy (non-hydrogen) atoms. The van der Waals surface area contributed by atoms with Crippen molar-refractivity contribution in [2.24, 2.45) is 5.92 Å². The van der Waals surface area contributed by atoms with E-state index in [1.54, 1.807) is 22.4 Å². The van der Waals surface area contributed by atoms with Crippen LogP contribution >= 0.6 is 11.3 Å². The van der Waals surface area contributed by atoms with Gasteiger partial charge >= 0.3 is 0 Å². The van der Waals surface area contributed by atoms with Crippen LogP contribution in [0.5, 0.6) is 0 Å². The topological polar surface area (TPSA) is 74.8 Å². The Bertz CT molecular complexity index is 954. The third-order valence-electron chi connectivity index (χ3n) is 4.24. The van der Waals surface area contributed by atoms with Crippen molar-refractivity contribution in [3.63, 3.8) is 0 Å². The van der Waals surface area contributed by atoms with Crippen molar-refractivity contribution in [1.29, 1.82) is 5.26 Å². The van der Waals surface area contributed by atoms with Gasteiger partial charge in [-0.05, 0) is 38.3 Å². The summed E-state index contributed by atoms with van der Waals surface area (Å²) in [7, 11) is 0. The fourth-order valence-electron chi connectivity index (χ4n) is 2.91. The summed E-state index contributed by atoms with van der Waals surface area (Å²) < 4.78 is 1.83. The molecule has 0 bridgehead atoms. The first-order valence-corrected chi connectivity index (χ1v) is 9.45. The SMILES string of the molecule is CCN(CC(C)C#N)C(=O)c1cc(C)nc2c1cnn2Cc1cccs1. The Hall–Kier alpha value is -2.72. The monoisotopic (exact) mass is 367 g/mol. The summed E-state index contributed by atoms with van der Waals surface area (Å²) in [5.41, 5.74) is 2.08. The van der Waals surface area contributed by atoms with Gasteiger partial charge < -0.3 is 4.90 Å². The summed E-state index contributed by atoms with van der Waals surface area (Å²) in [5, 5.41) is 16.3. The molecular formula is C19H21N5OS. The minimum Gasteiger partial charge on any atom is -0.338 e. The number of thiophene rings is 1. The van der Waals surface area contributed by atoms with Gasteiger partial charge in [-0.2, -0.15) is 10.4 Å². The molecule has 0 spiro atoms. The van der Waals surface area contributed by atoms with Gasteiger partial charge in [0.15, 0.2) is 5.65 Å². The Labute approximate surface area is 156 Å². The first kappa shape index (κ1) is 18.1. The first-order valence-electron chi connectivity index (χ1n) is 8.58. The molecule has 0 aliphatic carbocycles. The molecule has 3 rings (SSSR count). The van der Waals surface area contributed by atoms with Crippen molar-refractivity contribution in [2.45, 2.75) is 27.3 Å². The number of nitrogens with zero attached hydrogens (tertiary/aromatic N) is 5. The molecule has 0 aliphatic rings. The summed E-state index contributed by atoms with van der Waals surface area (Å²) >= 11 is 1.67. The molecule has 0 aliphatic heterocycles. The molecule has 3 aromatic rings. The number of aryl methyl sites for hydroxylation is 1. The summed E-state index contributed by atoms with van der Waals surface area (Å²) in [6.45, 7) is 7.23. The molecule has 0 saturated carbocycles. The molecule has 1 amide bonds. The number of hydrogen-bond acceptors (Lipinski definition) is 5. The number of carbonyl (C=O) groups excluding carboxylic acids is 1. The maximum atomic E-state index is 13.1. The predicted molar refractivity (Wildman–Crippen MR) is 102 cm³/mol. The normalized spacial score (nSPS) is 12.1. The third-order valence-corrected chi connectivity index (χ3v) is 5.10. The molecule has 0 N–H and O–H groups in total. The van der Waals surface area contributed by atoms with Crippen molar-refractivity contribution in [3.05, 3.63) is 45.9 Å². The van der Waals surface area contributed by atoms with Crippen LogP contribution in [0, 0.1) is 24.2 Å². The number of aromatic nitrogens is 3. The van der Waals surface area contributed by atoms with Crippen LogP contribution in [0.15, 0.2) is 29.8 Å². The van der Waals surface area contributed by atoms with Gasteiger partial charge in [-0.1, -0.05) is 6.07 Å². The number of amides is 1. The lowest BCUT2D eigenvalue weighted by molar-refractivity contribution is 0.0754. The van der Waals surface area contributed by atoms with E-state index >= 15 is 0 Å². The molecule has 0 saturated heterocycles. The standard InChI is InChI=1S/C19H21N5OS/c1-4-23(11-13(2)9-20)19(25)16-8-14(3)22-18-17(16)10-21-24(18)12-15-6-5-7-26-15/h5-8,10,13H,4,11-12H2,1-3H3. The molecule has 0 fully saturated rings.